The smallest absolute Gasteiger partial charge is 0.215 e. The third-order valence-electron chi connectivity index (χ3n) is 3.56. The highest BCUT2D eigenvalue weighted by Crippen LogP contribution is 2.25. The van der Waals surface area contributed by atoms with Crippen molar-refractivity contribution in [2.75, 3.05) is 6.61 Å². The summed E-state index contributed by atoms with van der Waals surface area (Å²) in [5, 5.41) is 5.30. The van der Waals surface area contributed by atoms with Crippen LogP contribution in [-0.4, -0.2) is 16.6 Å². The van der Waals surface area contributed by atoms with Gasteiger partial charge in [-0.3, -0.25) is 0 Å². The Morgan fingerprint density at radius 3 is 2.32 bits per heavy atom. The van der Waals surface area contributed by atoms with Gasteiger partial charge in [-0.15, -0.1) is 0 Å². The summed E-state index contributed by atoms with van der Waals surface area (Å²) in [6, 6.07) is 19.6. The molecule has 3 nitrogen and oxygen atoms in total. The van der Waals surface area contributed by atoms with E-state index in [2.05, 4.69) is 9.97 Å². The maximum Gasteiger partial charge on any atom is 0.215 e. The Labute approximate surface area is 156 Å². The van der Waals surface area contributed by atoms with Crippen LogP contribution in [0.15, 0.2) is 66.9 Å². The summed E-state index contributed by atoms with van der Waals surface area (Å²) in [4.78, 5) is 8.11. The molecule has 0 saturated heterocycles. The van der Waals surface area contributed by atoms with E-state index in [0.717, 1.165) is 21.5 Å². The average molecular weight is 371 g/mol. The Bertz CT molecular complexity index is 1000. The molecule has 2 aromatic heterocycles. The van der Waals surface area contributed by atoms with Crippen molar-refractivity contribution in [3.63, 3.8) is 0 Å². The zero-order valence-electron chi connectivity index (χ0n) is 13.6. The van der Waals surface area contributed by atoms with Crippen molar-refractivity contribution in [2.45, 2.75) is 6.92 Å². The maximum atomic E-state index is 6.01. The number of halogens is 2. The monoisotopic (exact) mass is 370 g/mol. The van der Waals surface area contributed by atoms with Gasteiger partial charge in [-0.1, -0.05) is 71.7 Å². The van der Waals surface area contributed by atoms with Crippen LogP contribution in [-0.2, 0) is 0 Å². The zero-order valence-corrected chi connectivity index (χ0v) is 15.1. The first-order chi connectivity index (χ1) is 12.2. The number of fused-ring (bicyclic) bond motifs is 2. The van der Waals surface area contributed by atoms with Crippen LogP contribution in [0.4, 0.5) is 0 Å². The first-order valence-electron chi connectivity index (χ1n) is 7.85. The van der Waals surface area contributed by atoms with Gasteiger partial charge in [-0.2, -0.15) is 0 Å². The standard InChI is InChI=1S/C11H10ClNO.C9H6ClN/c1-2-14-10-7-8-5-3-4-6-9(8)11(12)13-10;10-9-5-7-3-1-2-4-8(7)6-11-9/h3-7H,2H2,1H3;1-6H. The highest BCUT2D eigenvalue weighted by Gasteiger charge is 2.03. The molecular weight excluding hydrogens is 355 g/mol. The molecule has 0 unspecified atom stereocenters. The van der Waals surface area contributed by atoms with Gasteiger partial charge < -0.3 is 4.74 Å². The molecule has 126 valence electrons. The first-order valence-corrected chi connectivity index (χ1v) is 8.61. The molecule has 0 amide bonds. The molecule has 5 heteroatoms. The largest absolute Gasteiger partial charge is 0.478 e. The fourth-order valence-corrected chi connectivity index (χ4v) is 2.83. The lowest BCUT2D eigenvalue weighted by Crippen LogP contribution is -1.94. The fraction of sp³-hybridized carbons (Fsp3) is 0.100. The van der Waals surface area contributed by atoms with Crippen molar-refractivity contribution in [2.24, 2.45) is 0 Å². The van der Waals surface area contributed by atoms with Gasteiger partial charge in [0.25, 0.3) is 0 Å². The van der Waals surface area contributed by atoms with Gasteiger partial charge in [-0.05, 0) is 23.8 Å². The summed E-state index contributed by atoms with van der Waals surface area (Å²) in [6.07, 6.45) is 1.78. The van der Waals surface area contributed by atoms with Gasteiger partial charge in [-0.25, -0.2) is 9.97 Å². The molecule has 0 aliphatic rings. The van der Waals surface area contributed by atoms with Crippen LogP contribution in [0.3, 0.4) is 0 Å². The number of hydrogen-bond acceptors (Lipinski definition) is 3. The number of hydrogen-bond donors (Lipinski definition) is 0. The molecule has 0 saturated carbocycles. The molecule has 0 bridgehead atoms. The van der Waals surface area contributed by atoms with Gasteiger partial charge in [0.15, 0.2) is 0 Å². The summed E-state index contributed by atoms with van der Waals surface area (Å²) < 4.78 is 5.30. The van der Waals surface area contributed by atoms with Crippen LogP contribution in [0.5, 0.6) is 5.88 Å². The minimum absolute atomic E-state index is 0.492. The van der Waals surface area contributed by atoms with Crippen molar-refractivity contribution in [3.8, 4) is 5.88 Å². The third-order valence-corrected chi connectivity index (χ3v) is 4.05. The Morgan fingerprint density at radius 2 is 1.56 bits per heavy atom. The van der Waals surface area contributed by atoms with E-state index in [4.69, 9.17) is 27.9 Å². The second kappa shape index (κ2) is 8.15. The van der Waals surface area contributed by atoms with E-state index in [1.807, 2.05) is 67.6 Å². The minimum Gasteiger partial charge on any atom is -0.478 e. The molecule has 0 atom stereocenters. The lowest BCUT2D eigenvalue weighted by Gasteiger charge is -2.04. The number of ether oxygens (including phenoxy) is 1. The summed E-state index contributed by atoms with van der Waals surface area (Å²) in [5.74, 6) is 0.580. The van der Waals surface area contributed by atoms with E-state index in [0.29, 0.717) is 22.8 Å². The SMILES string of the molecule is CCOc1cc2ccccc2c(Cl)n1.Clc1cc2ccccc2cn1. The van der Waals surface area contributed by atoms with Crippen molar-refractivity contribution in [3.05, 3.63) is 77.2 Å². The molecule has 0 aliphatic heterocycles. The molecule has 2 aromatic carbocycles. The van der Waals surface area contributed by atoms with Crippen LogP contribution in [0.2, 0.25) is 10.3 Å². The predicted octanol–water partition coefficient (Wildman–Crippen LogP) is 6.18. The van der Waals surface area contributed by atoms with E-state index in [-0.39, 0.29) is 0 Å². The summed E-state index contributed by atoms with van der Waals surface area (Å²) in [7, 11) is 0. The fourth-order valence-electron chi connectivity index (χ4n) is 2.41. The van der Waals surface area contributed by atoms with E-state index in [1.165, 1.54) is 0 Å². The quantitative estimate of drug-likeness (QED) is 0.395. The molecule has 0 spiro atoms. The van der Waals surface area contributed by atoms with E-state index >= 15 is 0 Å². The Kier molecular flexibility index (Phi) is 5.69. The highest BCUT2D eigenvalue weighted by atomic mass is 35.5. The van der Waals surface area contributed by atoms with E-state index in [9.17, 15) is 0 Å². The number of rotatable bonds is 2. The first kappa shape index (κ1) is 17.5. The molecule has 0 N–H and O–H groups in total. The Hall–Kier alpha value is -2.36. The number of pyridine rings is 2. The second-order valence-corrected chi connectivity index (χ2v) is 6.00. The molecule has 4 rings (SSSR count). The molecular formula is C20H16Cl2N2O. The normalized spacial score (nSPS) is 10.4. The maximum absolute atomic E-state index is 6.01. The lowest BCUT2D eigenvalue weighted by atomic mass is 10.2. The minimum atomic E-state index is 0.492. The molecule has 0 fully saturated rings. The zero-order chi connectivity index (χ0) is 17.6. The Balaban J connectivity index is 0.000000150. The van der Waals surface area contributed by atoms with Gasteiger partial charge in [0.2, 0.25) is 5.88 Å². The number of nitrogens with zero attached hydrogens (tertiary/aromatic N) is 2. The molecule has 0 aliphatic carbocycles. The van der Waals surface area contributed by atoms with Gasteiger partial charge in [0.1, 0.15) is 10.3 Å². The van der Waals surface area contributed by atoms with Crippen molar-refractivity contribution >= 4 is 44.7 Å². The lowest BCUT2D eigenvalue weighted by molar-refractivity contribution is 0.327. The molecule has 0 radical (unpaired) electrons. The van der Waals surface area contributed by atoms with Crippen LogP contribution in [0, 0.1) is 0 Å². The number of benzene rings is 2. The van der Waals surface area contributed by atoms with Crippen LogP contribution in [0.1, 0.15) is 6.92 Å². The Morgan fingerprint density at radius 1 is 0.880 bits per heavy atom. The average Bonchev–Trinajstić information content (AvgIpc) is 2.62. The van der Waals surface area contributed by atoms with Crippen molar-refractivity contribution < 1.29 is 4.74 Å². The third kappa shape index (κ3) is 4.38. The van der Waals surface area contributed by atoms with Gasteiger partial charge >= 0.3 is 0 Å². The van der Waals surface area contributed by atoms with Crippen molar-refractivity contribution in [1.29, 1.82) is 0 Å². The van der Waals surface area contributed by atoms with E-state index < -0.39 is 0 Å². The van der Waals surface area contributed by atoms with Crippen LogP contribution < -0.4 is 4.74 Å². The van der Waals surface area contributed by atoms with E-state index in [1.54, 1.807) is 6.20 Å². The summed E-state index contributed by atoms with van der Waals surface area (Å²) in [5.41, 5.74) is 0. The van der Waals surface area contributed by atoms with Crippen molar-refractivity contribution in [1.82, 2.24) is 9.97 Å². The highest BCUT2D eigenvalue weighted by molar-refractivity contribution is 6.34. The molecule has 4 aromatic rings. The molecule has 25 heavy (non-hydrogen) atoms. The van der Waals surface area contributed by atoms with Gasteiger partial charge in [0.05, 0.1) is 6.61 Å². The summed E-state index contributed by atoms with van der Waals surface area (Å²) >= 11 is 11.7. The van der Waals surface area contributed by atoms with Crippen LogP contribution in [0.25, 0.3) is 21.5 Å². The number of aromatic nitrogens is 2. The second-order valence-electron chi connectivity index (χ2n) is 5.26. The van der Waals surface area contributed by atoms with Gasteiger partial charge in [0, 0.05) is 23.0 Å². The predicted molar refractivity (Wildman–Crippen MR) is 105 cm³/mol. The summed E-state index contributed by atoms with van der Waals surface area (Å²) in [6.45, 7) is 2.52. The molecule has 2 heterocycles. The topological polar surface area (TPSA) is 35.0 Å². The van der Waals surface area contributed by atoms with Crippen LogP contribution >= 0.6 is 23.2 Å².